The van der Waals surface area contributed by atoms with Crippen LogP contribution in [-0.2, 0) is 4.74 Å². The molecule has 0 radical (unpaired) electrons. The van der Waals surface area contributed by atoms with E-state index in [-0.39, 0.29) is 19.6 Å². The molecule has 1 amide bonds. The maximum atomic E-state index is 11.8. The van der Waals surface area contributed by atoms with E-state index in [9.17, 15) is 4.79 Å². The molecule has 0 spiro atoms. The summed E-state index contributed by atoms with van der Waals surface area (Å²) in [6.45, 7) is 10.2. The van der Waals surface area contributed by atoms with Crippen molar-refractivity contribution in [1.29, 1.82) is 0 Å². The number of carbonyl (C=O) groups is 1. The van der Waals surface area contributed by atoms with E-state index in [1.54, 1.807) is 0 Å². The zero-order valence-corrected chi connectivity index (χ0v) is 12.9. The van der Waals surface area contributed by atoms with Gasteiger partial charge in [0, 0.05) is 24.2 Å². The van der Waals surface area contributed by atoms with E-state index in [1.165, 1.54) is 12.8 Å². The molecule has 2 rings (SSSR count). The first kappa shape index (κ1) is 17.3. The molecule has 0 aliphatic carbocycles. The van der Waals surface area contributed by atoms with Crippen molar-refractivity contribution in [3.05, 3.63) is 0 Å². The van der Waals surface area contributed by atoms with Gasteiger partial charge in [0.05, 0.1) is 0 Å². The summed E-state index contributed by atoms with van der Waals surface area (Å²) in [5.41, 5.74) is -0.415. The van der Waals surface area contributed by atoms with E-state index in [4.69, 9.17) is 4.74 Å². The van der Waals surface area contributed by atoms with Gasteiger partial charge in [0.2, 0.25) is 0 Å². The largest absolute Gasteiger partial charge is 0.444 e. The van der Waals surface area contributed by atoms with E-state index in [2.05, 4.69) is 24.1 Å². The van der Waals surface area contributed by atoms with Gasteiger partial charge in [-0.2, -0.15) is 0 Å². The van der Waals surface area contributed by atoms with Gasteiger partial charge in [-0.1, -0.05) is 7.43 Å². The summed E-state index contributed by atoms with van der Waals surface area (Å²) in [5.74, 6) is 0. The minimum atomic E-state index is -0.415. The van der Waals surface area contributed by atoms with Gasteiger partial charge in [0.1, 0.15) is 5.60 Å². The molecule has 1 N–H and O–H groups in total. The summed E-state index contributed by atoms with van der Waals surface area (Å²) in [7, 11) is 0. The van der Waals surface area contributed by atoms with Gasteiger partial charge in [0.25, 0.3) is 0 Å². The van der Waals surface area contributed by atoms with Gasteiger partial charge >= 0.3 is 6.09 Å². The smallest absolute Gasteiger partial charge is 0.407 e. The molecule has 0 aromatic heterocycles. The molecular formula is C16H32N2O2. The van der Waals surface area contributed by atoms with Crippen molar-refractivity contribution in [2.75, 3.05) is 0 Å². The molecule has 0 saturated carbocycles. The summed E-state index contributed by atoms with van der Waals surface area (Å²) in [6, 6.07) is 2.17. The van der Waals surface area contributed by atoms with Crippen LogP contribution < -0.4 is 5.32 Å². The van der Waals surface area contributed by atoms with Gasteiger partial charge in [-0.05, 0) is 60.3 Å². The molecule has 2 aliphatic rings. The number of piperidine rings is 1. The first-order chi connectivity index (χ1) is 8.76. The van der Waals surface area contributed by atoms with Crippen LogP contribution in [0.1, 0.15) is 67.7 Å². The second-order valence-electron chi connectivity index (χ2n) is 7.24. The van der Waals surface area contributed by atoms with Crippen molar-refractivity contribution in [2.24, 2.45) is 0 Å². The van der Waals surface area contributed by atoms with Crippen LogP contribution in [0.3, 0.4) is 0 Å². The van der Waals surface area contributed by atoms with Crippen LogP contribution in [0.2, 0.25) is 0 Å². The van der Waals surface area contributed by atoms with Gasteiger partial charge in [0.15, 0.2) is 0 Å². The SMILES string of the molecule is C.CC(C)N1C2CCC1CC(NC(=O)OC(C)(C)C)C2. The highest BCUT2D eigenvalue weighted by Gasteiger charge is 2.42. The van der Waals surface area contributed by atoms with Gasteiger partial charge in [-0.15, -0.1) is 0 Å². The Bertz CT molecular complexity index is 322. The maximum absolute atomic E-state index is 11.8. The average molecular weight is 284 g/mol. The van der Waals surface area contributed by atoms with Gasteiger partial charge in [-0.3, -0.25) is 4.90 Å². The Labute approximate surface area is 124 Å². The second kappa shape index (κ2) is 6.33. The number of amides is 1. The van der Waals surface area contributed by atoms with Gasteiger partial charge < -0.3 is 10.1 Å². The summed E-state index contributed by atoms with van der Waals surface area (Å²) >= 11 is 0. The van der Waals surface area contributed by atoms with E-state index < -0.39 is 5.60 Å². The van der Waals surface area contributed by atoms with Gasteiger partial charge in [-0.25, -0.2) is 4.79 Å². The van der Waals surface area contributed by atoms with E-state index >= 15 is 0 Å². The normalized spacial score (nSPS) is 30.0. The molecule has 0 aromatic rings. The number of fused-ring (bicyclic) bond motifs is 2. The number of nitrogens with zero attached hydrogens (tertiary/aromatic N) is 1. The number of nitrogens with one attached hydrogen (secondary N) is 1. The summed E-state index contributed by atoms with van der Waals surface area (Å²) < 4.78 is 5.34. The first-order valence-electron chi connectivity index (χ1n) is 7.53. The number of hydrogen-bond donors (Lipinski definition) is 1. The molecule has 2 heterocycles. The topological polar surface area (TPSA) is 41.6 Å². The monoisotopic (exact) mass is 284 g/mol. The Morgan fingerprint density at radius 2 is 1.70 bits per heavy atom. The molecule has 2 unspecified atom stereocenters. The van der Waals surface area contributed by atoms with E-state index in [1.807, 2.05) is 20.8 Å². The van der Waals surface area contributed by atoms with Crippen molar-refractivity contribution in [3.8, 4) is 0 Å². The summed E-state index contributed by atoms with van der Waals surface area (Å²) in [5, 5.41) is 3.05. The lowest BCUT2D eigenvalue weighted by atomic mass is 9.96. The Balaban J connectivity index is 0.00000200. The molecule has 4 heteroatoms. The number of rotatable bonds is 2. The molecular weight excluding hydrogens is 252 g/mol. The predicted octanol–water partition coefficient (Wildman–Crippen LogP) is 3.55. The van der Waals surface area contributed by atoms with E-state index in [0.29, 0.717) is 18.1 Å². The third kappa shape index (κ3) is 4.11. The van der Waals surface area contributed by atoms with Crippen LogP contribution in [0.5, 0.6) is 0 Å². The lowest BCUT2D eigenvalue weighted by molar-refractivity contribution is 0.0412. The highest BCUT2D eigenvalue weighted by Crippen LogP contribution is 2.37. The third-order valence-electron chi connectivity index (χ3n) is 4.11. The molecule has 2 aliphatic heterocycles. The van der Waals surface area contributed by atoms with Crippen molar-refractivity contribution >= 4 is 6.09 Å². The average Bonchev–Trinajstić information content (AvgIpc) is 2.48. The summed E-state index contributed by atoms with van der Waals surface area (Å²) in [4.78, 5) is 14.5. The van der Waals surface area contributed by atoms with Crippen molar-refractivity contribution < 1.29 is 9.53 Å². The van der Waals surface area contributed by atoms with Crippen LogP contribution >= 0.6 is 0 Å². The number of ether oxygens (including phenoxy) is 1. The third-order valence-corrected chi connectivity index (χ3v) is 4.11. The quantitative estimate of drug-likeness (QED) is 0.843. The Kier molecular flexibility index (Phi) is 5.47. The Morgan fingerprint density at radius 1 is 1.20 bits per heavy atom. The standard InChI is InChI=1S/C15H28N2O2.CH4/c1-10(2)17-12-6-7-13(17)9-11(8-12)16-14(18)19-15(3,4)5;/h10-13H,6-9H2,1-5H3,(H,16,18);1H4. The number of hydrogen-bond acceptors (Lipinski definition) is 3. The Hall–Kier alpha value is -0.770. The van der Waals surface area contributed by atoms with Crippen LogP contribution in [-0.4, -0.2) is 40.8 Å². The Morgan fingerprint density at radius 3 is 2.10 bits per heavy atom. The molecule has 2 bridgehead atoms. The fourth-order valence-electron chi connectivity index (χ4n) is 3.65. The van der Waals surface area contributed by atoms with E-state index in [0.717, 1.165) is 12.8 Å². The van der Waals surface area contributed by atoms with Crippen molar-refractivity contribution in [3.63, 3.8) is 0 Å². The predicted molar refractivity (Wildman–Crippen MR) is 82.9 cm³/mol. The molecule has 0 aromatic carbocycles. The zero-order valence-electron chi connectivity index (χ0n) is 12.9. The minimum absolute atomic E-state index is 0. The lowest BCUT2D eigenvalue weighted by Crippen LogP contribution is -2.53. The molecule has 4 nitrogen and oxygen atoms in total. The second-order valence-corrected chi connectivity index (χ2v) is 7.24. The first-order valence-corrected chi connectivity index (χ1v) is 7.53. The van der Waals surface area contributed by atoms with Crippen molar-refractivity contribution in [1.82, 2.24) is 10.2 Å². The number of carbonyl (C=O) groups excluding carboxylic acids is 1. The van der Waals surface area contributed by atoms with Crippen molar-refractivity contribution in [2.45, 2.75) is 97.5 Å². The zero-order chi connectivity index (χ0) is 14.2. The fourth-order valence-corrected chi connectivity index (χ4v) is 3.65. The molecule has 2 saturated heterocycles. The summed E-state index contributed by atoms with van der Waals surface area (Å²) in [6.07, 6.45) is 4.40. The van der Waals surface area contributed by atoms with Crippen LogP contribution in [0, 0.1) is 0 Å². The van der Waals surface area contributed by atoms with Crippen LogP contribution in [0.4, 0.5) is 4.79 Å². The molecule has 118 valence electrons. The molecule has 2 atom stereocenters. The highest BCUT2D eigenvalue weighted by molar-refractivity contribution is 5.68. The van der Waals surface area contributed by atoms with Crippen LogP contribution in [0.15, 0.2) is 0 Å². The number of alkyl carbamates (subject to hydrolysis) is 1. The lowest BCUT2D eigenvalue weighted by Gasteiger charge is -2.41. The molecule has 20 heavy (non-hydrogen) atoms. The fraction of sp³-hybridized carbons (Fsp3) is 0.938. The highest BCUT2D eigenvalue weighted by atomic mass is 16.6. The minimum Gasteiger partial charge on any atom is -0.444 e. The van der Waals surface area contributed by atoms with Crippen LogP contribution in [0.25, 0.3) is 0 Å². The maximum Gasteiger partial charge on any atom is 0.407 e. The molecule has 2 fully saturated rings.